The average molecular weight is 477 g/mol. The molecule has 3 atom stereocenters. The van der Waals surface area contributed by atoms with E-state index in [0.29, 0.717) is 30.7 Å². The second-order valence-electron chi connectivity index (χ2n) is 9.41. The first-order chi connectivity index (χ1) is 16.9. The minimum absolute atomic E-state index is 0.0322. The van der Waals surface area contributed by atoms with Gasteiger partial charge in [-0.2, -0.15) is 0 Å². The Kier molecular flexibility index (Phi) is 8.01. The van der Waals surface area contributed by atoms with E-state index in [1.165, 1.54) is 5.56 Å². The van der Waals surface area contributed by atoms with Crippen molar-refractivity contribution in [1.29, 1.82) is 0 Å². The van der Waals surface area contributed by atoms with Crippen LogP contribution in [0.5, 0.6) is 5.75 Å². The number of ether oxygens (including phenoxy) is 1. The van der Waals surface area contributed by atoms with Crippen molar-refractivity contribution in [2.75, 3.05) is 20.2 Å². The molecular formula is C29H33FN2O3. The van der Waals surface area contributed by atoms with Gasteiger partial charge in [-0.25, -0.2) is 4.39 Å². The molecule has 1 saturated heterocycles. The Morgan fingerprint density at radius 2 is 2.03 bits per heavy atom. The predicted molar refractivity (Wildman–Crippen MR) is 136 cm³/mol. The van der Waals surface area contributed by atoms with Crippen LogP contribution in [0.25, 0.3) is 10.9 Å². The number of aliphatic carboxylic acids is 1. The Bertz CT molecular complexity index is 1170. The molecule has 184 valence electrons. The molecular weight excluding hydrogens is 443 g/mol. The van der Waals surface area contributed by atoms with Gasteiger partial charge < -0.3 is 14.7 Å². The first kappa shape index (κ1) is 24.7. The summed E-state index contributed by atoms with van der Waals surface area (Å²) in [6.45, 7) is 5.74. The summed E-state index contributed by atoms with van der Waals surface area (Å²) in [5.41, 5.74) is 3.54. The number of hydrogen-bond donors (Lipinski definition) is 1. The van der Waals surface area contributed by atoms with Gasteiger partial charge >= 0.3 is 5.97 Å². The van der Waals surface area contributed by atoms with E-state index < -0.39 is 12.1 Å². The number of fused-ring (bicyclic) bond motifs is 1. The topological polar surface area (TPSA) is 62.7 Å². The van der Waals surface area contributed by atoms with Crippen LogP contribution in [0.2, 0.25) is 0 Å². The minimum atomic E-state index is -1.15. The van der Waals surface area contributed by atoms with Gasteiger partial charge in [-0.05, 0) is 66.5 Å². The van der Waals surface area contributed by atoms with Crippen molar-refractivity contribution < 1.29 is 19.0 Å². The Morgan fingerprint density at radius 3 is 2.77 bits per heavy atom. The van der Waals surface area contributed by atoms with Crippen LogP contribution in [0.1, 0.15) is 43.0 Å². The number of alkyl halides is 1. The number of piperidine rings is 1. The summed E-state index contributed by atoms with van der Waals surface area (Å²) in [5.74, 6) is -0.00821. The molecule has 35 heavy (non-hydrogen) atoms. The standard InChI is InChI=1S/C29H33FN2O3/c1-20(16-21-6-4-3-5-7-21)32-15-13-22(23(19-32)17-29(33)34)8-10-27(30)25-12-14-31-28-11-9-24(35-2)18-26(25)28/h3-7,9,11-12,14,18,22-23,27H,1,8,10,13,15-17,19H2,2H3,(H,33,34)/t22-,23+,27+/m1/s1. The number of allylic oxidation sites excluding steroid dienone is 1. The Labute approximate surface area is 206 Å². The first-order valence-electron chi connectivity index (χ1n) is 12.2. The van der Waals surface area contributed by atoms with Crippen LogP contribution in [0.15, 0.2) is 73.1 Å². The van der Waals surface area contributed by atoms with E-state index in [9.17, 15) is 9.90 Å². The van der Waals surface area contributed by atoms with Gasteiger partial charge in [0, 0.05) is 36.8 Å². The maximum atomic E-state index is 15.5. The molecule has 3 aromatic rings. The number of methoxy groups -OCH3 is 1. The lowest BCUT2D eigenvalue weighted by molar-refractivity contribution is -0.139. The van der Waals surface area contributed by atoms with E-state index in [0.717, 1.165) is 36.0 Å². The van der Waals surface area contributed by atoms with Crippen LogP contribution in [0.4, 0.5) is 4.39 Å². The second-order valence-corrected chi connectivity index (χ2v) is 9.41. The quantitative estimate of drug-likeness (QED) is 0.377. The highest BCUT2D eigenvalue weighted by Gasteiger charge is 2.32. The number of likely N-dealkylation sites (tertiary alicyclic amines) is 1. The van der Waals surface area contributed by atoms with E-state index in [4.69, 9.17) is 4.74 Å². The fourth-order valence-corrected chi connectivity index (χ4v) is 5.21. The van der Waals surface area contributed by atoms with Crippen LogP contribution >= 0.6 is 0 Å². The SMILES string of the molecule is C=C(Cc1ccccc1)N1CC[C@@H](CC[C@H](F)c2ccnc3ccc(OC)cc23)[C@@H](CC(=O)O)C1. The average Bonchev–Trinajstić information content (AvgIpc) is 2.87. The fraction of sp³-hybridized carbons (Fsp3) is 0.379. The van der Waals surface area contributed by atoms with Gasteiger partial charge in [-0.15, -0.1) is 0 Å². The van der Waals surface area contributed by atoms with Gasteiger partial charge in [0.1, 0.15) is 11.9 Å². The lowest BCUT2D eigenvalue weighted by atomic mass is 9.79. The molecule has 0 unspecified atom stereocenters. The highest BCUT2D eigenvalue weighted by atomic mass is 19.1. The number of aromatic nitrogens is 1. The molecule has 1 aliphatic heterocycles. The zero-order chi connectivity index (χ0) is 24.8. The summed E-state index contributed by atoms with van der Waals surface area (Å²) >= 11 is 0. The Morgan fingerprint density at radius 1 is 1.23 bits per heavy atom. The summed E-state index contributed by atoms with van der Waals surface area (Å²) in [5, 5.41) is 10.3. The van der Waals surface area contributed by atoms with Crippen molar-refractivity contribution in [3.63, 3.8) is 0 Å². The van der Waals surface area contributed by atoms with Gasteiger partial charge in [0.05, 0.1) is 19.0 Å². The maximum Gasteiger partial charge on any atom is 0.303 e. The molecule has 0 amide bonds. The predicted octanol–water partition coefficient (Wildman–Crippen LogP) is 6.20. The number of benzene rings is 2. The first-order valence-corrected chi connectivity index (χ1v) is 12.2. The number of halogens is 1. The smallest absolute Gasteiger partial charge is 0.303 e. The highest BCUT2D eigenvalue weighted by Crippen LogP contribution is 2.37. The largest absolute Gasteiger partial charge is 0.497 e. The monoisotopic (exact) mass is 476 g/mol. The molecule has 1 aliphatic rings. The van der Waals surface area contributed by atoms with E-state index in [-0.39, 0.29) is 18.3 Å². The van der Waals surface area contributed by atoms with Crippen molar-refractivity contribution in [3.8, 4) is 5.75 Å². The van der Waals surface area contributed by atoms with Crippen LogP contribution < -0.4 is 4.74 Å². The summed E-state index contributed by atoms with van der Waals surface area (Å²) in [4.78, 5) is 18.2. The lowest BCUT2D eigenvalue weighted by Crippen LogP contribution is -2.41. The fourth-order valence-electron chi connectivity index (χ4n) is 5.21. The molecule has 4 rings (SSSR count). The van der Waals surface area contributed by atoms with E-state index in [2.05, 4.69) is 28.6 Å². The van der Waals surface area contributed by atoms with Gasteiger partial charge in [0.25, 0.3) is 0 Å². The molecule has 1 N–H and O–H groups in total. The number of carboxylic acid groups (broad SMARTS) is 1. The zero-order valence-corrected chi connectivity index (χ0v) is 20.2. The molecule has 0 radical (unpaired) electrons. The third-order valence-electron chi connectivity index (χ3n) is 7.14. The molecule has 1 fully saturated rings. The maximum absolute atomic E-state index is 15.5. The normalized spacial score (nSPS) is 18.9. The van der Waals surface area contributed by atoms with Crippen molar-refractivity contribution in [1.82, 2.24) is 9.88 Å². The summed E-state index contributed by atoms with van der Waals surface area (Å²) in [7, 11) is 1.59. The third-order valence-corrected chi connectivity index (χ3v) is 7.14. The van der Waals surface area contributed by atoms with Crippen LogP contribution in [0, 0.1) is 11.8 Å². The minimum Gasteiger partial charge on any atom is -0.497 e. The molecule has 2 aromatic carbocycles. The number of nitrogens with zero attached hydrogens (tertiary/aromatic N) is 2. The number of pyridine rings is 1. The number of hydrogen-bond acceptors (Lipinski definition) is 4. The molecule has 0 saturated carbocycles. The molecule has 2 heterocycles. The van der Waals surface area contributed by atoms with Gasteiger partial charge in [-0.1, -0.05) is 36.9 Å². The molecule has 1 aromatic heterocycles. The molecule has 0 bridgehead atoms. The molecule has 0 spiro atoms. The number of rotatable bonds is 10. The highest BCUT2D eigenvalue weighted by molar-refractivity contribution is 5.83. The molecule has 0 aliphatic carbocycles. The molecule has 6 heteroatoms. The van der Waals surface area contributed by atoms with E-state index >= 15 is 4.39 Å². The summed E-state index contributed by atoms with van der Waals surface area (Å²) in [6, 6.07) is 17.4. The lowest BCUT2D eigenvalue weighted by Gasteiger charge is -2.40. The van der Waals surface area contributed by atoms with Crippen molar-refractivity contribution in [2.45, 2.75) is 38.3 Å². The van der Waals surface area contributed by atoms with Crippen molar-refractivity contribution in [3.05, 3.63) is 84.2 Å². The number of carbonyl (C=O) groups is 1. The second kappa shape index (κ2) is 11.3. The number of carboxylic acids is 1. The zero-order valence-electron chi connectivity index (χ0n) is 20.2. The van der Waals surface area contributed by atoms with Crippen molar-refractivity contribution >= 4 is 16.9 Å². The van der Waals surface area contributed by atoms with E-state index in [1.54, 1.807) is 19.4 Å². The van der Waals surface area contributed by atoms with E-state index in [1.807, 2.05) is 36.4 Å². The third kappa shape index (κ3) is 6.18. The van der Waals surface area contributed by atoms with Crippen molar-refractivity contribution in [2.24, 2.45) is 11.8 Å². The van der Waals surface area contributed by atoms with Crippen LogP contribution in [-0.2, 0) is 11.2 Å². The van der Waals surface area contributed by atoms with Crippen LogP contribution in [0.3, 0.4) is 0 Å². The Balaban J connectivity index is 1.41. The van der Waals surface area contributed by atoms with Gasteiger partial charge in [0.15, 0.2) is 0 Å². The van der Waals surface area contributed by atoms with Gasteiger partial charge in [-0.3, -0.25) is 9.78 Å². The van der Waals surface area contributed by atoms with Crippen LogP contribution in [-0.4, -0.2) is 41.2 Å². The summed E-state index contributed by atoms with van der Waals surface area (Å²) in [6.07, 6.45) is 3.16. The summed E-state index contributed by atoms with van der Waals surface area (Å²) < 4.78 is 20.8. The van der Waals surface area contributed by atoms with Gasteiger partial charge in [0.2, 0.25) is 0 Å². The Hall–Kier alpha value is -3.41. The molecule has 5 nitrogen and oxygen atoms in total.